The summed E-state index contributed by atoms with van der Waals surface area (Å²) in [6, 6.07) is 12.6. The standard InChI is InChI=1S/C16H12O4/c1-19-11-7-5-10(6-8-11)14-9-20-15-12(14)3-2-4-13(15)16(17)18/h2-9H,1H3,(H,17,18). The number of carboxylic acids is 1. The number of hydrogen-bond donors (Lipinski definition) is 1. The molecule has 1 heterocycles. The van der Waals surface area contributed by atoms with E-state index in [4.69, 9.17) is 14.3 Å². The van der Waals surface area contributed by atoms with Crippen molar-refractivity contribution in [3.05, 3.63) is 54.3 Å². The average molecular weight is 268 g/mol. The highest BCUT2D eigenvalue weighted by atomic mass is 16.5. The molecule has 0 atom stereocenters. The van der Waals surface area contributed by atoms with Crippen LogP contribution in [0.15, 0.2) is 53.1 Å². The Morgan fingerprint density at radius 1 is 1.15 bits per heavy atom. The van der Waals surface area contributed by atoms with Gasteiger partial charge < -0.3 is 14.3 Å². The summed E-state index contributed by atoms with van der Waals surface area (Å²) in [4.78, 5) is 11.2. The second-order valence-electron chi connectivity index (χ2n) is 4.37. The minimum absolute atomic E-state index is 0.169. The largest absolute Gasteiger partial charge is 0.497 e. The summed E-state index contributed by atoms with van der Waals surface area (Å²) in [5.74, 6) is -0.223. The highest BCUT2D eigenvalue weighted by Crippen LogP contribution is 2.33. The van der Waals surface area contributed by atoms with Gasteiger partial charge in [0, 0.05) is 10.9 Å². The van der Waals surface area contributed by atoms with E-state index in [-0.39, 0.29) is 5.56 Å². The molecule has 0 amide bonds. The molecule has 0 spiro atoms. The van der Waals surface area contributed by atoms with E-state index < -0.39 is 5.97 Å². The summed E-state index contributed by atoms with van der Waals surface area (Å²) < 4.78 is 10.6. The summed E-state index contributed by atoms with van der Waals surface area (Å²) >= 11 is 0. The molecule has 0 aliphatic carbocycles. The number of aromatic carboxylic acids is 1. The lowest BCUT2D eigenvalue weighted by Crippen LogP contribution is -1.95. The highest BCUT2D eigenvalue weighted by molar-refractivity contribution is 6.05. The lowest BCUT2D eigenvalue weighted by Gasteiger charge is -2.02. The van der Waals surface area contributed by atoms with Gasteiger partial charge in [-0.2, -0.15) is 0 Å². The van der Waals surface area contributed by atoms with Crippen LogP contribution in [0.4, 0.5) is 0 Å². The van der Waals surface area contributed by atoms with E-state index in [1.165, 1.54) is 6.07 Å². The Labute approximate surface area is 115 Å². The Bertz CT molecular complexity index is 769. The Morgan fingerprint density at radius 2 is 1.90 bits per heavy atom. The van der Waals surface area contributed by atoms with E-state index >= 15 is 0 Å². The number of benzene rings is 2. The molecule has 4 heteroatoms. The third-order valence-corrected chi connectivity index (χ3v) is 3.23. The lowest BCUT2D eigenvalue weighted by atomic mass is 10.0. The molecule has 0 saturated carbocycles. The number of furan rings is 1. The molecule has 3 aromatic rings. The first-order valence-corrected chi connectivity index (χ1v) is 6.08. The molecular weight excluding hydrogens is 256 g/mol. The monoisotopic (exact) mass is 268 g/mol. The quantitative estimate of drug-likeness (QED) is 0.784. The molecule has 0 fully saturated rings. The first-order valence-electron chi connectivity index (χ1n) is 6.08. The maximum absolute atomic E-state index is 11.2. The Balaban J connectivity index is 2.17. The molecule has 0 saturated heterocycles. The van der Waals surface area contributed by atoms with E-state index in [0.717, 1.165) is 22.3 Å². The van der Waals surface area contributed by atoms with Crippen LogP contribution >= 0.6 is 0 Å². The minimum atomic E-state index is -0.994. The summed E-state index contributed by atoms with van der Waals surface area (Å²) in [5, 5.41) is 9.94. The van der Waals surface area contributed by atoms with Gasteiger partial charge in [-0.05, 0) is 23.8 Å². The van der Waals surface area contributed by atoms with Crippen molar-refractivity contribution in [2.45, 2.75) is 0 Å². The summed E-state index contributed by atoms with van der Waals surface area (Å²) in [6.07, 6.45) is 1.58. The van der Waals surface area contributed by atoms with Crippen LogP contribution in [-0.2, 0) is 0 Å². The second kappa shape index (κ2) is 4.74. The van der Waals surface area contributed by atoms with Gasteiger partial charge in [-0.25, -0.2) is 4.79 Å². The van der Waals surface area contributed by atoms with Crippen LogP contribution in [0, 0.1) is 0 Å². The Hall–Kier alpha value is -2.75. The first kappa shape index (κ1) is 12.3. The van der Waals surface area contributed by atoms with Gasteiger partial charge in [-0.1, -0.05) is 24.3 Å². The molecule has 3 rings (SSSR count). The van der Waals surface area contributed by atoms with Crippen molar-refractivity contribution in [3.63, 3.8) is 0 Å². The fraction of sp³-hybridized carbons (Fsp3) is 0.0625. The van der Waals surface area contributed by atoms with Gasteiger partial charge >= 0.3 is 5.97 Å². The van der Waals surface area contributed by atoms with Crippen LogP contribution in [0.5, 0.6) is 5.75 Å². The van der Waals surface area contributed by atoms with E-state index in [1.54, 1.807) is 19.4 Å². The molecule has 100 valence electrons. The van der Waals surface area contributed by atoms with Crippen LogP contribution < -0.4 is 4.74 Å². The zero-order valence-electron chi connectivity index (χ0n) is 10.8. The van der Waals surface area contributed by atoms with Gasteiger partial charge in [-0.3, -0.25) is 0 Å². The zero-order chi connectivity index (χ0) is 14.1. The first-order chi connectivity index (χ1) is 9.70. The van der Waals surface area contributed by atoms with E-state index in [0.29, 0.717) is 5.58 Å². The molecule has 2 aromatic carbocycles. The van der Waals surface area contributed by atoms with Crippen molar-refractivity contribution in [2.75, 3.05) is 7.11 Å². The smallest absolute Gasteiger partial charge is 0.339 e. The van der Waals surface area contributed by atoms with Crippen molar-refractivity contribution in [3.8, 4) is 16.9 Å². The number of methoxy groups -OCH3 is 1. The number of hydrogen-bond acceptors (Lipinski definition) is 3. The second-order valence-corrected chi connectivity index (χ2v) is 4.37. The third-order valence-electron chi connectivity index (χ3n) is 3.23. The molecule has 0 aliphatic rings. The van der Waals surface area contributed by atoms with Crippen molar-refractivity contribution in [1.82, 2.24) is 0 Å². The fourth-order valence-electron chi connectivity index (χ4n) is 2.22. The molecule has 0 radical (unpaired) electrons. The van der Waals surface area contributed by atoms with Crippen molar-refractivity contribution >= 4 is 16.9 Å². The van der Waals surface area contributed by atoms with Gasteiger partial charge in [0.2, 0.25) is 0 Å². The normalized spacial score (nSPS) is 10.7. The summed E-state index contributed by atoms with van der Waals surface area (Å²) in [7, 11) is 1.61. The Kier molecular flexibility index (Phi) is 2.91. The van der Waals surface area contributed by atoms with Crippen LogP contribution in [0.1, 0.15) is 10.4 Å². The SMILES string of the molecule is COc1ccc(-c2coc3c(C(=O)O)cccc23)cc1. The fourth-order valence-corrected chi connectivity index (χ4v) is 2.22. The topological polar surface area (TPSA) is 59.7 Å². The molecule has 1 N–H and O–H groups in total. The average Bonchev–Trinajstić information content (AvgIpc) is 2.91. The van der Waals surface area contributed by atoms with Crippen LogP contribution in [0.2, 0.25) is 0 Å². The number of para-hydroxylation sites is 1. The molecular formula is C16H12O4. The molecule has 0 bridgehead atoms. The van der Waals surface area contributed by atoms with Crippen LogP contribution in [0.25, 0.3) is 22.1 Å². The van der Waals surface area contributed by atoms with Crippen molar-refractivity contribution in [2.24, 2.45) is 0 Å². The highest BCUT2D eigenvalue weighted by Gasteiger charge is 2.15. The Morgan fingerprint density at radius 3 is 2.55 bits per heavy atom. The predicted octanol–water partition coefficient (Wildman–Crippen LogP) is 3.81. The van der Waals surface area contributed by atoms with Crippen molar-refractivity contribution < 1.29 is 19.1 Å². The predicted molar refractivity (Wildman–Crippen MR) is 75.2 cm³/mol. The number of ether oxygens (including phenoxy) is 1. The molecule has 4 nitrogen and oxygen atoms in total. The number of fused-ring (bicyclic) bond motifs is 1. The zero-order valence-corrected chi connectivity index (χ0v) is 10.8. The lowest BCUT2D eigenvalue weighted by molar-refractivity contribution is 0.0698. The van der Waals surface area contributed by atoms with Gasteiger partial charge in [0.15, 0.2) is 0 Å². The molecule has 20 heavy (non-hydrogen) atoms. The van der Waals surface area contributed by atoms with E-state index in [2.05, 4.69) is 0 Å². The third kappa shape index (κ3) is 1.91. The van der Waals surface area contributed by atoms with Gasteiger partial charge in [0.25, 0.3) is 0 Å². The van der Waals surface area contributed by atoms with Crippen LogP contribution in [0.3, 0.4) is 0 Å². The number of rotatable bonds is 3. The van der Waals surface area contributed by atoms with Crippen molar-refractivity contribution in [1.29, 1.82) is 0 Å². The maximum Gasteiger partial charge on any atom is 0.339 e. The van der Waals surface area contributed by atoms with Gasteiger partial charge in [-0.15, -0.1) is 0 Å². The summed E-state index contributed by atoms with van der Waals surface area (Å²) in [6.45, 7) is 0. The van der Waals surface area contributed by atoms with Gasteiger partial charge in [0.05, 0.1) is 13.4 Å². The summed E-state index contributed by atoms with van der Waals surface area (Å²) in [5.41, 5.74) is 2.38. The number of carbonyl (C=O) groups is 1. The van der Waals surface area contributed by atoms with Gasteiger partial charge in [0.1, 0.15) is 16.9 Å². The van der Waals surface area contributed by atoms with Crippen LogP contribution in [-0.4, -0.2) is 18.2 Å². The maximum atomic E-state index is 11.2. The van der Waals surface area contributed by atoms with E-state index in [9.17, 15) is 4.79 Å². The molecule has 0 aliphatic heterocycles. The molecule has 0 unspecified atom stereocenters. The van der Waals surface area contributed by atoms with E-state index in [1.807, 2.05) is 30.3 Å². The number of carboxylic acid groups (broad SMARTS) is 1. The minimum Gasteiger partial charge on any atom is -0.497 e. The molecule has 1 aromatic heterocycles.